The first-order valence-electron chi connectivity index (χ1n) is 8.85. The summed E-state index contributed by atoms with van der Waals surface area (Å²) < 4.78 is 1.34. The summed E-state index contributed by atoms with van der Waals surface area (Å²) in [6.45, 7) is 5.20. The third kappa shape index (κ3) is 5.80. The number of ketones is 1. The summed E-state index contributed by atoms with van der Waals surface area (Å²) in [6, 6.07) is 5.60. The number of Topliss-reactive ketones (excluding diaryl/α,β-unsaturated/α-hetero) is 1. The van der Waals surface area contributed by atoms with Gasteiger partial charge in [-0.15, -0.1) is 0 Å². The number of pyridine rings is 1. The minimum absolute atomic E-state index is 0.174. The third-order valence-electron chi connectivity index (χ3n) is 4.09. The average molecular weight is 394 g/mol. The molecule has 0 saturated carbocycles. The summed E-state index contributed by atoms with van der Waals surface area (Å²) in [7, 11) is 0. The van der Waals surface area contributed by atoms with E-state index in [1.54, 1.807) is 30.5 Å². The zero-order chi connectivity index (χ0) is 21.2. The van der Waals surface area contributed by atoms with Crippen molar-refractivity contribution in [2.24, 2.45) is 10.7 Å². The highest BCUT2D eigenvalue weighted by Crippen LogP contribution is 2.12. The minimum atomic E-state index is -1.11. The molecule has 0 aliphatic carbocycles. The normalized spacial score (nSPS) is 12.5. The first-order valence-corrected chi connectivity index (χ1v) is 8.85. The number of carbonyl (C=O) groups is 3. The Balaban J connectivity index is 2.19. The summed E-state index contributed by atoms with van der Waals surface area (Å²) in [5.41, 5.74) is 6.19. The van der Waals surface area contributed by atoms with Crippen molar-refractivity contribution in [2.75, 3.05) is 0 Å². The van der Waals surface area contributed by atoms with Gasteiger partial charge in [-0.3, -0.25) is 19.4 Å². The fraction of sp³-hybridized carbons (Fsp3) is 0.200. The second-order valence-corrected chi connectivity index (χ2v) is 5.97. The number of primary amides is 1. The molecule has 0 radical (unpaired) electrons. The molecule has 150 valence electrons. The number of hydrogen-bond donors (Lipinski definition) is 2. The van der Waals surface area contributed by atoms with Crippen LogP contribution in [0.1, 0.15) is 30.3 Å². The number of allylic oxidation sites excluding steroid dienone is 3. The lowest BCUT2D eigenvalue weighted by Gasteiger charge is -2.17. The van der Waals surface area contributed by atoms with Crippen LogP contribution in [0.25, 0.3) is 5.82 Å². The highest BCUT2D eigenvalue weighted by molar-refractivity contribution is 6.38. The lowest BCUT2D eigenvalue weighted by atomic mass is 10.0. The van der Waals surface area contributed by atoms with Gasteiger partial charge in [-0.1, -0.05) is 17.7 Å². The van der Waals surface area contributed by atoms with E-state index in [2.05, 4.69) is 27.1 Å². The quantitative estimate of drug-likeness (QED) is 0.357. The Hall–Kier alpha value is -3.88. The van der Waals surface area contributed by atoms with Gasteiger partial charge >= 0.3 is 0 Å². The topological polar surface area (TPSA) is 132 Å². The van der Waals surface area contributed by atoms with E-state index in [4.69, 9.17) is 5.73 Å². The van der Waals surface area contributed by atoms with Crippen LogP contribution in [0.5, 0.6) is 0 Å². The molecular weight excluding hydrogens is 372 g/mol. The number of aromatic nitrogens is 3. The van der Waals surface area contributed by atoms with E-state index >= 15 is 0 Å². The maximum Gasteiger partial charge on any atom is 0.287 e. The van der Waals surface area contributed by atoms with Crippen molar-refractivity contribution in [3.05, 3.63) is 66.3 Å². The van der Waals surface area contributed by atoms with Crippen molar-refractivity contribution >= 4 is 24.3 Å². The Morgan fingerprint density at radius 2 is 2.10 bits per heavy atom. The molecule has 0 saturated heterocycles. The molecule has 29 heavy (non-hydrogen) atoms. The van der Waals surface area contributed by atoms with E-state index in [1.165, 1.54) is 23.1 Å². The largest absolute Gasteiger partial charge is 0.363 e. The van der Waals surface area contributed by atoms with Gasteiger partial charge in [0.2, 0.25) is 5.78 Å². The van der Waals surface area contributed by atoms with Crippen LogP contribution in [-0.4, -0.2) is 45.1 Å². The van der Waals surface area contributed by atoms with Gasteiger partial charge in [0.1, 0.15) is 5.69 Å². The molecule has 1 atom stereocenters. The minimum Gasteiger partial charge on any atom is -0.363 e. The van der Waals surface area contributed by atoms with Gasteiger partial charge in [0.25, 0.3) is 11.8 Å². The number of hydrogen-bond acceptors (Lipinski definition) is 6. The lowest BCUT2D eigenvalue weighted by molar-refractivity contribution is -0.137. The Morgan fingerprint density at radius 1 is 1.31 bits per heavy atom. The monoisotopic (exact) mass is 394 g/mol. The number of amides is 2. The number of rotatable bonds is 10. The molecule has 9 nitrogen and oxygen atoms in total. The van der Waals surface area contributed by atoms with Crippen LogP contribution in [0.3, 0.4) is 0 Å². The SMILES string of the molecule is C=N/C=C\C(=C/C)CCC(NC(=O)c1ccnn1-c1ccccn1)C(=O)C(N)=O. The van der Waals surface area contributed by atoms with Gasteiger partial charge in [0.15, 0.2) is 5.82 Å². The molecular formula is C20H22N6O3. The van der Waals surface area contributed by atoms with Gasteiger partial charge in [-0.25, -0.2) is 9.67 Å². The molecule has 0 spiro atoms. The number of aliphatic imine (C=N–C) groups is 1. The second kappa shape index (κ2) is 10.5. The third-order valence-corrected chi connectivity index (χ3v) is 4.09. The van der Waals surface area contributed by atoms with Crippen LogP contribution in [0, 0.1) is 0 Å². The van der Waals surface area contributed by atoms with Gasteiger partial charge in [0.05, 0.1) is 12.2 Å². The van der Waals surface area contributed by atoms with Gasteiger partial charge < -0.3 is 11.1 Å². The van der Waals surface area contributed by atoms with Crippen LogP contribution < -0.4 is 11.1 Å². The molecule has 0 aliphatic heterocycles. The molecule has 9 heteroatoms. The summed E-state index contributed by atoms with van der Waals surface area (Å²) in [5, 5.41) is 6.68. The van der Waals surface area contributed by atoms with Gasteiger partial charge in [-0.05, 0) is 50.8 Å². The number of nitrogens with one attached hydrogen (secondary N) is 1. The van der Waals surface area contributed by atoms with Crippen molar-refractivity contribution < 1.29 is 14.4 Å². The zero-order valence-electron chi connectivity index (χ0n) is 16.0. The fourth-order valence-electron chi connectivity index (χ4n) is 2.59. The predicted molar refractivity (Wildman–Crippen MR) is 108 cm³/mol. The van der Waals surface area contributed by atoms with Crippen LogP contribution in [0.15, 0.2) is 65.6 Å². The molecule has 1 unspecified atom stereocenters. The number of nitrogens with zero attached hydrogens (tertiary/aromatic N) is 4. The number of carbonyl (C=O) groups excluding carboxylic acids is 3. The maximum atomic E-state index is 12.8. The van der Waals surface area contributed by atoms with E-state index in [0.717, 1.165) is 5.57 Å². The predicted octanol–water partition coefficient (Wildman–Crippen LogP) is 1.36. The van der Waals surface area contributed by atoms with E-state index in [1.807, 2.05) is 13.0 Å². The van der Waals surface area contributed by atoms with Gasteiger partial charge in [0, 0.05) is 12.4 Å². The number of nitrogens with two attached hydrogens (primary N) is 1. The fourth-order valence-corrected chi connectivity index (χ4v) is 2.59. The smallest absolute Gasteiger partial charge is 0.287 e. The van der Waals surface area contributed by atoms with Crippen LogP contribution in [0.4, 0.5) is 0 Å². The van der Waals surface area contributed by atoms with E-state index in [0.29, 0.717) is 12.2 Å². The molecule has 0 aliphatic rings. The first-order chi connectivity index (χ1) is 14.0. The van der Waals surface area contributed by atoms with Crippen molar-refractivity contribution in [2.45, 2.75) is 25.8 Å². The molecule has 2 heterocycles. The van der Waals surface area contributed by atoms with Crippen LogP contribution in [0.2, 0.25) is 0 Å². The maximum absolute atomic E-state index is 12.8. The molecule has 2 rings (SSSR count). The Bertz CT molecular complexity index is 946. The average Bonchev–Trinajstić information content (AvgIpc) is 3.23. The highest BCUT2D eigenvalue weighted by atomic mass is 16.2. The zero-order valence-corrected chi connectivity index (χ0v) is 16.0. The second-order valence-electron chi connectivity index (χ2n) is 5.97. The van der Waals surface area contributed by atoms with Crippen molar-refractivity contribution in [1.29, 1.82) is 0 Å². The molecule has 0 aromatic carbocycles. The first kappa shape index (κ1) is 21.4. The molecule has 0 fully saturated rings. The van der Waals surface area contributed by atoms with E-state index in [-0.39, 0.29) is 12.1 Å². The van der Waals surface area contributed by atoms with E-state index in [9.17, 15) is 14.4 Å². The molecule has 3 N–H and O–H groups in total. The van der Waals surface area contributed by atoms with Gasteiger partial charge in [-0.2, -0.15) is 5.10 Å². The summed E-state index contributed by atoms with van der Waals surface area (Å²) in [4.78, 5) is 44.2. The van der Waals surface area contributed by atoms with Crippen molar-refractivity contribution in [3.8, 4) is 5.82 Å². The Labute approximate surface area is 168 Å². The highest BCUT2D eigenvalue weighted by Gasteiger charge is 2.26. The summed E-state index contributed by atoms with van der Waals surface area (Å²) >= 11 is 0. The lowest BCUT2D eigenvalue weighted by Crippen LogP contribution is -2.46. The standard InChI is InChI=1S/C20H22N6O3/c1-3-14(9-12-22-2)7-8-15(18(27)19(21)28)25-20(29)16-10-13-24-26(16)17-6-4-5-11-23-17/h3-6,9-13,15H,2,7-8H2,1H3,(H2,21,28)(H,25,29)/b12-9-,14-3-. The summed E-state index contributed by atoms with van der Waals surface area (Å²) in [6.07, 6.45) is 8.71. The molecule has 2 amide bonds. The van der Waals surface area contributed by atoms with Crippen molar-refractivity contribution in [3.63, 3.8) is 0 Å². The van der Waals surface area contributed by atoms with Crippen LogP contribution >= 0.6 is 0 Å². The molecule has 2 aromatic heterocycles. The molecule has 0 bridgehead atoms. The Kier molecular flexibility index (Phi) is 7.72. The molecule has 2 aromatic rings. The van der Waals surface area contributed by atoms with E-state index < -0.39 is 23.6 Å². The van der Waals surface area contributed by atoms with Crippen molar-refractivity contribution in [1.82, 2.24) is 20.1 Å². The Morgan fingerprint density at radius 3 is 2.72 bits per heavy atom. The summed E-state index contributed by atoms with van der Waals surface area (Å²) in [5.74, 6) is -2.11. The van der Waals surface area contributed by atoms with Crippen LogP contribution in [-0.2, 0) is 9.59 Å².